The molecule has 2 aromatic heterocycles. The maximum atomic E-state index is 13.8. The quantitative estimate of drug-likeness (QED) is 0.552. The number of aryl methyl sites for hydroxylation is 1. The zero-order valence-corrected chi connectivity index (χ0v) is 20.6. The number of hydrogen-bond donors (Lipinski definition) is 1. The Kier molecular flexibility index (Phi) is 7.28. The van der Waals surface area contributed by atoms with E-state index < -0.39 is 0 Å². The summed E-state index contributed by atoms with van der Waals surface area (Å²) in [5, 5.41) is 16.8. The molecule has 5 rings (SSSR count). The van der Waals surface area contributed by atoms with Crippen LogP contribution < -0.4 is 10.2 Å². The molecule has 2 aliphatic rings. The molecule has 3 aromatic rings. The van der Waals surface area contributed by atoms with Crippen LogP contribution in [-0.2, 0) is 16.6 Å². The van der Waals surface area contributed by atoms with E-state index in [0.29, 0.717) is 24.8 Å². The third-order valence-electron chi connectivity index (χ3n) is 7.30. The summed E-state index contributed by atoms with van der Waals surface area (Å²) in [5.41, 5.74) is 3.67. The minimum Gasteiger partial charge on any atom is -0.381 e. The van der Waals surface area contributed by atoms with Crippen LogP contribution in [0.3, 0.4) is 0 Å². The van der Waals surface area contributed by atoms with Crippen molar-refractivity contribution in [1.82, 2.24) is 14.8 Å². The lowest BCUT2D eigenvalue weighted by atomic mass is 9.88. The summed E-state index contributed by atoms with van der Waals surface area (Å²) in [4.78, 5) is 20.2. The molecule has 1 amide bonds. The third-order valence-corrected chi connectivity index (χ3v) is 7.30. The molecule has 3 heterocycles. The second-order valence-corrected chi connectivity index (χ2v) is 9.74. The highest BCUT2D eigenvalue weighted by Crippen LogP contribution is 2.33. The van der Waals surface area contributed by atoms with Gasteiger partial charge in [0.15, 0.2) is 0 Å². The van der Waals surface area contributed by atoms with E-state index in [9.17, 15) is 4.79 Å². The van der Waals surface area contributed by atoms with Gasteiger partial charge in [0.25, 0.3) is 0 Å². The molecule has 36 heavy (non-hydrogen) atoms. The van der Waals surface area contributed by atoms with Crippen LogP contribution in [0.25, 0.3) is 11.1 Å². The molecule has 1 aliphatic heterocycles. The summed E-state index contributed by atoms with van der Waals surface area (Å²) in [6, 6.07) is 14.5. The van der Waals surface area contributed by atoms with Crippen LogP contribution in [-0.4, -0.2) is 46.0 Å². The van der Waals surface area contributed by atoms with Crippen LogP contribution in [0, 0.1) is 17.2 Å². The summed E-state index contributed by atoms with van der Waals surface area (Å²) in [6.07, 6.45) is 10.8. The predicted molar refractivity (Wildman–Crippen MR) is 138 cm³/mol. The van der Waals surface area contributed by atoms with Crippen molar-refractivity contribution >= 4 is 17.4 Å². The first kappa shape index (κ1) is 24.0. The molecule has 1 saturated heterocycles. The number of anilines is 2. The summed E-state index contributed by atoms with van der Waals surface area (Å²) < 4.78 is 7.32. The van der Waals surface area contributed by atoms with Gasteiger partial charge in [0, 0.05) is 61.9 Å². The number of nitriles is 1. The minimum atomic E-state index is 0.00967. The monoisotopic (exact) mass is 484 g/mol. The Hall–Kier alpha value is -3.70. The number of nitrogens with zero attached hydrogens (tertiary/aromatic N) is 5. The lowest BCUT2D eigenvalue weighted by molar-refractivity contribution is -0.125. The van der Waals surface area contributed by atoms with Gasteiger partial charge < -0.3 is 15.0 Å². The summed E-state index contributed by atoms with van der Waals surface area (Å²) in [6.45, 7) is 1.30. The van der Waals surface area contributed by atoms with Crippen molar-refractivity contribution in [2.24, 2.45) is 13.0 Å². The number of carbonyl (C=O) groups is 1. The van der Waals surface area contributed by atoms with E-state index in [0.717, 1.165) is 61.2 Å². The Morgan fingerprint density at radius 2 is 1.78 bits per heavy atom. The fraction of sp³-hybridized carbons (Fsp3) is 0.429. The molecule has 0 atom stereocenters. The molecule has 0 unspecified atom stereocenters. The average Bonchev–Trinajstić information content (AvgIpc) is 3.37. The fourth-order valence-corrected chi connectivity index (χ4v) is 5.28. The highest BCUT2D eigenvalue weighted by Gasteiger charge is 2.34. The summed E-state index contributed by atoms with van der Waals surface area (Å²) in [7, 11) is 1.91. The minimum absolute atomic E-state index is 0.00967. The molecule has 1 aliphatic carbocycles. The van der Waals surface area contributed by atoms with Crippen molar-refractivity contribution in [2.45, 2.75) is 50.6 Å². The SMILES string of the molecule is Cn1cc(-c2ccc(N(C(=O)C3CCOCC3)C3CCC(Nc4ccc(C#N)cn4)CC3)cc2)cn1. The second-order valence-electron chi connectivity index (χ2n) is 9.74. The van der Waals surface area contributed by atoms with E-state index in [1.54, 1.807) is 16.9 Å². The van der Waals surface area contributed by atoms with E-state index >= 15 is 0 Å². The third kappa shape index (κ3) is 5.42. The maximum absolute atomic E-state index is 13.8. The van der Waals surface area contributed by atoms with Crippen molar-refractivity contribution in [3.63, 3.8) is 0 Å². The topological polar surface area (TPSA) is 96.1 Å². The van der Waals surface area contributed by atoms with Gasteiger partial charge in [-0.1, -0.05) is 12.1 Å². The molecule has 1 aromatic carbocycles. The largest absolute Gasteiger partial charge is 0.381 e. The van der Waals surface area contributed by atoms with Crippen LogP contribution in [0.2, 0.25) is 0 Å². The van der Waals surface area contributed by atoms with Gasteiger partial charge >= 0.3 is 0 Å². The molecule has 186 valence electrons. The Morgan fingerprint density at radius 1 is 1.03 bits per heavy atom. The number of carbonyl (C=O) groups excluding carboxylic acids is 1. The van der Waals surface area contributed by atoms with Gasteiger partial charge in [0.05, 0.1) is 11.8 Å². The molecular formula is C28H32N6O2. The van der Waals surface area contributed by atoms with Gasteiger partial charge in [-0.25, -0.2) is 4.98 Å². The van der Waals surface area contributed by atoms with Crippen molar-refractivity contribution in [2.75, 3.05) is 23.4 Å². The standard InChI is InChI=1S/C28H32N6O2/c1-33-19-23(18-31-33)21-3-7-25(8-4-21)34(28(35)22-12-14-36-15-13-22)26-9-5-24(6-10-26)32-27-11-2-20(16-29)17-30-27/h2-4,7-8,11,17-19,22,24,26H,5-6,9-10,12-15H2,1H3,(H,30,32). The van der Waals surface area contributed by atoms with E-state index in [-0.39, 0.29) is 17.9 Å². The molecular weight excluding hydrogens is 452 g/mol. The molecule has 0 radical (unpaired) electrons. The van der Waals surface area contributed by atoms with Gasteiger partial charge in [0.2, 0.25) is 5.91 Å². The van der Waals surface area contributed by atoms with Gasteiger partial charge in [-0.3, -0.25) is 9.48 Å². The highest BCUT2D eigenvalue weighted by molar-refractivity contribution is 5.96. The Bertz CT molecular complexity index is 1200. The number of nitrogens with one attached hydrogen (secondary N) is 1. The van der Waals surface area contributed by atoms with Crippen molar-refractivity contribution in [3.8, 4) is 17.2 Å². The fourth-order valence-electron chi connectivity index (χ4n) is 5.28. The van der Waals surface area contributed by atoms with Gasteiger partial charge in [-0.05, 0) is 68.4 Å². The van der Waals surface area contributed by atoms with Crippen LogP contribution in [0.1, 0.15) is 44.1 Å². The molecule has 0 spiro atoms. The number of pyridine rings is 1. The van der Waals surface area contributed by atoms with Gasteiger partial charge in [0.1, 0.15) is 11.9 Å². The summed E-state index contributed by atoms with van der Waals surface area (Å²) in [5.74, 6) is 1.02. The Balaban J connectivity index is 1.31. The van der Waals surface area contributed by atoms with Crippen LogP contribution in [0.4, 0.5) is 11.5 Å². The van der Waals surface area contributed by atoms with E-state index in [1.165, 1.54) is 0 Å². The number of hydrogen-bond acceptors (Lipinski definition) is 6. The van der Waals surface area contributed by atoms with Crippen molar-refractivity contribution in [1.29, 1.82) is 5.26 Å². The Labute approximate surface area is 211 Å². The molecule has 1 N–H and O–H groups in total. The maximum Gasteiger partial charge on any atom is 0.230 e. The van der Waals surface area contributed by atoms with Crippen LogP contribution >= 0.6 is 0 Å². The van der Waals surface area contributed by atoms with Crippen LogP contribution in [0.15, 0.2) is 55.0 Å². The molecule has 0 bridgehead atoms. The summed E-state index contributed by atoms with van der Waals surface area (Å²) >= 11 is 0. The van der Waals surface area contributed by atoms with E-state index in [1.807, 2.05) is 25.5 Å². The first-order chi connectivity index (χ1) is 17.6. The van der Waals surface area contributed by atoms with Gasteiger partial charge in [-0.2, -0.15) is 10.4 Å². The number of benzene rings is 1. The average molecular weight is 485 g/mol. The van der Waals surface area contributed by atoms with Crippen LogP contribution in [0.5, 0.6) is 0 Å². The zero-order valence-electron chi connectivity index (χ0n) is 20.6. The lowest BCUT2D eigenvalue weighted by Crippen LogP contribution is -2.47. The van der Waals surface area contributed by atoms with E-state index in [2.05, 4.69) is 50.6 Å². The molecule has 1 saturated carbocycles. The molecule has 8 heteroatoms. The number of rotatable bonds is 6. The van der Waals surface area contributed by atoms with Crippen molar-refractivity contribution in [3.05, 3.63) is 60.6 Å². The van der Waals surface area contributed by atoms with Gasteiger partial charge in [-0.15, -0.1) is 0 Å². The number of amides is 1. The molecule has 8 nitrogen and oxygen atoms in total. The van der Waals surface area contributed by atoms with Crippen molar-refractivity contribution < 1.29 is 9.53 Å². The lowest BCUT2D eigenvalue weighted by Gasteiger charge is -2.39. The number of aromatic nitrogens is 3. The highest BCUT2D eigenvalue weighted by atomic mass is 16.5. The normalized spacial score (nSPS) is 20.4. The zero-order chi connectivity index (χ0) is 24.9. The first-order valence-corrected chi connectivity index (χ1v) is 12.7. The number of ether oxygens (including phenoxy) is 1. The second kappa shape index (κ2) is 10.9. The first-order valence-electron chi connectivity index (χ1n) is 12.7. The predicted octanol–water partition coefficient (Wildman–Crippen LogP) is 4.54. The smallest absolute Gasteiger partial charge is 0.230 e. The Morgan fingerprint density at radius 3 is 2.39 bits per heavy atom. The molecule has 2 fully saturated rings. The van der Waals surface area contributed by atoms with E-state index in [4.69, 9.17) is 10.00 Å².